The number of carbonyl (C=O) groups excluding carboxylic acids is 2. The van der Waals surface area contributed by atoms with Gasteiger partial charge in [0.15, 0.2) is 29.2 Å². The van der Waals surface area contributed by atoms with Crippen molar-refractivity contribution in [3.8, 4) is 23.0 Å². The van der Waals surface area contributed by atoms with E-state index in [2.05, 4.69) is 10.3 Å². The summed E-state index contributed by atoms with van der Waals surface area (Å²) in [6.45, 7) is 5.27. The maximum Gasteiger partial charge on any atom is 0.338 e. The van der Waals surface area contributed by atoms with E-state index in [-0.39, 0.29) is 17.0 Å². The molecule has 1 atom stereocenters. The number of nitrogens with zero attached hydrogens (tertiary/aromatic N) is 1. The van der Waals surface area contributed by atoms with E-state index >= 15 is 4.39 Å². The lowest BCUT2D eigenvalue weighted by Gasteiger charge is -2.29. The number of esters is 1. The van der Waals surface area contributed by atoms with Crippen LogP contribution in [-0.2, 0) is 9.53 Å². The molecule has 208 valence electrons. The van der Waals surface area contributed by atoms with Crippen LogP contribution in [0.2, 0.25) is 5.02 Å². The van der Waals surface area contributed by atoms with E-state index in [0.717, 1.165) is 6.07 Å². The fraction of sp³-hybridized carbons (Fsp3) is 0.233. The van der Waals surface area contributed by atoms with Gasteiger partial charge in [0.25, 0.3) is 5.91 Å². The molecule has 0 aliphatic carbocycles. The number of hydrogen-bond acceptors (Lipinski definition) is 7. The Morgan fingerprint density at radius 3 is 2.20 bits per heavy atom. The SMILES string of the molecule is COc1cc2nccc(Oc3ccc(NC(=O)C(OC(=O)c4ccc(Cl)cc4)C(C)(C)C)cc3F)c2cc1OC. The van der Waals surface area contributed by atoms with Crippen molar-refractivity contribution in [3.63, 3.8) is 0 Å². The molecule has 0 saturated heterocycles. The zero-order chi connectivity index (χ0) is 29.0. The number of aromatic nitrogens is 1. The molecule has 1 amide bonds. The first-order chi connectivity index (χ1) is 19.0. The highest BCUT2D eigenvalue weighted by Gasteiger charge is 2.35. The van der Waals surface area contributed by atoms with Gasteiger partial charge in [-0.1, -0.05) is 32.4 Å². The summed E-state index contributed by atoms with van der Waals surface area (Å²) < 4.78 is 37.2. The molecule has 1 unspecified atom stereocenters. The first-order valence-electron chi connectivity index (χ1n) is 12.3. The molecule has 1 heterocycles. The standard InChI is InChI=1S/C30H28ClFN2O6/c1-30(2,3)27(40-29(36)17-6-8-18(31)9-7-17)28(35)34-19-10-11-24(21(32)14-19)39-23-12-13-33-22-16-26(38-5)25(37-4)15-20(22)23/h6-16,27H,1-5H3,(H,34,35). The van der Waals surface area contributed by atoms with Gasteiger partial charge in [0.05, 0.1) is 25.3 Å². The zero-order valence-corrected chi connectivity index (χ0v) is 23.3. The number of nitrogens with one attached hydrogen (secondary N) is 1. The Labute approximate surface area is 236 Å². The van der Waals surface area contributed by atoms with Crippen LogP contribution < -0.4 is 19.5 Å². The number of benzene rings is 3. The zero-order valence-electron chi connectivity index (χ0n) is 22.6. The summed E-state index contributed by atoms with van der Waals surface area (Å²) in [5.41, 5.74) is 0.233. The lowest BCUT2D eigenvalue weighted by atomic mass is 9.88. The van der Waals surface area contributed by atoms with Gasteiger partial charge in [-0.25, -0.2) is 9.18 Å². The number of amides is 1. The molecule has 10 heteroatoms. The molecule has 0 saturated carbocycles. The van der Waals surface area contributed by atoms with Crippen molar-refractivity contribution in [3.05, 3.63) is 83.3 Å². The largest absolute Gasteiger partial charge is 0.493 e. The number of fused-ring (bicyclic) bond motifs is 1. The van der Waals surface area contributed by atoms with E-state index < -0.39 is 29.2 Å². The molecule has 1 N–H and O–H groups in total. The number of rotatable bonds is 8. The van der Waals surface area contributed by atoms with Crippen LogP contribution >= 0.6 is 11.6 Å². The normalized spacial score (nSPS) is 12.0. The second-order valence-corrected chi connectivity index (χ2v) is 10.4. The first-order valence-corrected chi connectivity index (χ1v) is 12.6. The van der Waals surface area contributed by atoms with Crippen LogP contribution in [0.1, 0.15) is 31.1 Å². The second-order valence-electron chi connectivity index (χ2n) is 9.93. The molecular formula is C30H28ClFN2O6. The van der Waals surface area contributed by atoms with E-state index in [9.17, 15) is 9.59 Å². The number of anilines is 1. The Morgan fingerprint density at radius 2 is 1.57 bits per heavy atom. The third kappa shape index (κ3) is 6.43. The quantitative estimate of drug-likeness (QED) is 0.228. The minimum absolute atomic E-state index is 0.0678. The van der Waals surface area contributed by atoms with Crippen molar-refractivity contribution in [2.45, 2.75) is 26.9 Å². The highest BCUT2D eigenvalue weighted by Crippen LogP contribution is 2.37. The Bertz CT molecular complexity index is 1550. The maximum absolute atomic E-state index is 15.1. The Hall–Kier alpha value is -4.37. The van der Waals surface area contributed by atoms with E-state index in [1.807, 2.05) is 0 Å². The van der Waals surface area contributed by atoms with Crippen molar-refractivity contribution in [2.24, 2.45) is 5.41 Å². The van der Waals surface area contributed by atoms with Crippen LogP contribution in [0.15, 0.2) is 66.9 Å². The molecule has 0 radical (unpaired) electrons. The van der Waals surface area contributed by atoms with Crippen molar-refractivity contribution in [2.75, 3.05) is 19.5 Å². The van der Waals surface area contributed by atoms with Gasteiger partial charge in [-0.15, -0.1) is 0 Å². The fourth-order valence-electron chi connectivity index (χ4n) is 3.91. The van der Waals surface area contributed by atoms with Gasteiger partial charge in [-0.05, 0) is 48.5 Å². The monoisotopic (exact) mass is 566 g/mol. The predicted octanol–water partition coefficient (Wildman–Crippen LogP) is 7.05. The number of pyridine rings is 1. The summed E-state index contributed by atoms with van der Waals surface area (Å²) in [6.07, 6.45) is 0.374. The van der Waals surface area contributed by atoms with E-state index in [1.165, 1.54) is 44.7 Å². The minimum atomic E-state index is -1.16. The van der Waals surface area contributed by atoms with Crippen molar-refractivity contribution in [1.82, 2.24) is 4.98 Å². The number of hydrogen-bond donors (Lipinski definition) is 1. The van der Waals surface area contributed by atoms with Gasteiger partial charge < -0.3 is 24.3 Å². The van der Waals surface area contributed by atoms with Crippen LogP contribution in [-0.4, -0.2) is 37.2 Å². The fourth-order valence-corrected chi connectivity index (χ4v) is 4.03. The van der Waals surface area contributed by atoms with Gasteiger partial charge in [-0.3, -0.25) is 9.78 Å². The third-order valence-corrected chi connectivity index (χ3v) is 6.21. The summed E-state index contributed by atoms with van der Waals surface area (Å²) in [7, 11) is 3.03. The van der Waals surface area contributed by atoms with Gasteiger partial charge >= 0.3 is 5.97 Å². The smallest absolute Gasteiger partial charge is 0.338 e. The molecule has 0 bridgehead atoms. The second kappa shape index (κ2) is 11.8. The number of carbonyl (C=O) groups is 2. The van der Waals surface area contributed by atoms with E-state index in [4.69, 9.17) is 30.5 Å². The summed E-state index contributed by atoms with van der Waals surface area (Å²) in [6, 6.07) is 15.1. The van der Waals surface area contributed by atoms with Crippen LogP contribution in [0.4, 0.5) is 10.1 Å². The highest BCUT2D eigenvalue weighted by atomic mass is 35.5. The van der Waals surface area contributed by atoms with Gasteiger partial charge in [0, 0.05) is 39.8 Å². The molecule has 0 spiro atoms. The molecule has 8 nitrogen and oxygen atoms in total. The van der Waals surface area contributed by atoms with Crippen molar-refractivity contribution < 1.29 is 32.9 Å². The van der Waals surface area contributed by atoms with Crippen molar-refractivity contribution >= 4 is 40.1 Å². The number of halogens is 2. The average molecular weight is 567 g/mol. The highest BCUT2D eigenvalue weighted by molar-refractivity contribution is 6.30. The Morgan fingerprint density at radius 1 is 0.900 bits per heavy atom. The number of methoxy groups -OCH3 is 2. The Kier molecular flexibility index (Phi) is 8.44. The minimum Gasteiger partial charge on any atom is -0.493 e. The Balaban J connectivity index is 1.53. The van der Waals surface area contributed by atoms with Crippen LogP contribution in [0.25, 0.3) is 10.9 Å². The molecule has 3 aromatic carbocycles. The third-order valence-electron chi connectivity index (χ3n) is 5.96. The predicted molar refractivity (Wildman–Crippen MR) is 150 cm³/mol. The molecular weight excluding hydrogens is 539 g/mol. The number of ether oxygens (including phenoxy) is 4. The molecule has 0 aliphatic heterocycles. The maximum atomic E-state index is 15.1. The van der Waals surface area contributed by atoms with Crippen LogP contribution in [0, 0.1) is 11.2 Å². The summed E-state index contributed by atoms with van der Waals surface area (Å²) in [5.74, 6) is -0.751. The van der Waals surface area contributed by atoms with Crippen molar-refractivity contribution in [1.29, 1.82) is 0 Å². The average Bonchev–Trinajstić information content (AvgIpc) is 2.92. The summed E-state index contributed by atoms with van der Waals surface area (Å²) >= 11 is 5.89. The van der Waals surface area contributed by atoms with Crippen LogP contribution in [0.3, 0.4) is 0 Å². The van der Waals surface area contributed by atoms with Gasteiger partial charge in [0.1, 0.15) is 5.75 Å². The van der Waals surface area contributed by atoms with Crippen LogP contribution in [0.5, 0.6) is 23.0 Å². The van der Waals surface area contributed by atoms with Gasteiger partial charge in [-0.2, -0.15) is 0 Å². The summed E-state index contributed by atoms with van der Waals surface area (Å²) in [5, 5.41) is 3.69. The summed E-state index contributed by atoms with van der Waals surface area (Å²) in [4.78, 5) is 30.1. The molecule has 1 aromatic heterocycles. The van der Waals surface area contributed by atoms with E-state index in [1.54, 1.807) is 51.1 Å². The molecule has 0 aliphatic rings. The lowest BCUT2D eigenvalue weighted by molar-refractivity contribution is -0.130. The molecule has 40 heavy (non-hydrogen) atoms. The molecule has 4 rings (SSSR count). The topological polar surface area (TPSA) is 96.0 Å². The molecule has 0 fully saturated rings. The van der Waals surface area contributed by atoms with E-state index in [0.29, 0.717) is 33.2 Å². The van der Waals surface area contributed by atoms with Gasteiger partial charge in [0.2, 0.25) is 0 Å². The molecule has 4 aromatic rings. The lowest BCUT2D eigenvalue weighted by Crippen LogP contribution is -2.42. The first kappa shape index (κ1) is 28.6.